The summed E-state index contributed by atoms with van der Waals surface area (Å²) in [5.41, 5.74) is -0.253. The summed E-state index contributed by atoms with van der Waals surface area (Å²) in [4.78, 5) is 22.4. The number of nitrogens with zero attached hydrogens (tertiary/aromatic N) is 1. The molecule has 0 saturated heterocycles. The zero-order chi connectivity index (χ0) is 21.7. The van der Waals surface area contributed by atoms with Crippen molar-refractivity contribution in [3.63, 3.8) is 0 Å². The van der Waals surface area contributed by atoms with Crippen molar-refractivity contribution < 1.29 is 36.8 Å². The lowest BCUT2D eigenvalue weighted by atomic mass is 10.2. The molecule has 3 aromatic rings. The molecular weight excluding hydrogens is 409 g/mol. The van der Waals surface area contributed by atoms with Gasteiger partial charge in [-0.1, -0.05) is 0 Å². The van der Waals surface area contributed by atoms with Crippen LogP contribution in [0.2, 0.25) is 0 Å². The number of benzene rings is 2. The fourth-order valence-electron chi connectivity index (χ4n) is 2.37. The summed E-state index contributed by atoms with van der Waals surface area (Å²) < 4.78 is 53.1. The van der Waals surface area contributed by atoms with Crippen molar-refractivity contribution in [3.05, 3.63) is 82.0 Å². The molecule has 0 unspecified atom stereocenters. The largest absolute Gasteiger partial charge is 0.486 e. The first-order valence-electron chi connectivity index (χ1n) is 8.33. The van der Waals surface area contributed by atoms with E-state index >= 15 is 0 Å². The maximum absolute atomic E-state index is 13.2. The molecule has 0 aliphatic rings. The van der Waals surface area contributed by atoms with Crippen LogP contribution in [-0.2, 0) is 6.61 Å². The van der Waals surface area contributed by atoms with Gasteiger partial charge in [-0.05, 0) is 36.4 Å². The van der Waals surface area contributed by atoms with Gasteiger partial charge in [-0.25, -0.2) is 4.39 Å². The van der Waals surface area contributed by atoms with E-state index < -0.39 is 29.0 Å². The van der Waals surface area contributed by atoms with Crippen LogP contribution in [-0.4, -0.2) is 17.4 Å². The van der Waals surface area contributed by atoms with E-state index in [4.69, 9.17) is 9.15 Å². The number of alkyl halides is 2. The Morgan fingerprint density at radius 3 is 2.53 bits per heavy atom. The molecule has 2 aromatic carbocycles. The van der Waals surface area contributed by atoms with Crippen molar-refractivity contribution in [3.8, 4) is 11.5 Å². The highest BCUT2D eigenvalue weighted by Crippen LogP contribution is 2.28. The highest BCUT2D eigenvalue weighted by atomic mass is 19.3. The minimum atomic E-state index is -3.20. The van der Waals surface area contributed by atoms with Crippen molar-refractivity contribution in [2.24, 2.45) is 0 Å². The van der Waals surface area contributed by atoms with E-state index in [1.54, 1.807) is 0 Å². The van der Waals surface area contributed by atoms with Gasteiger partial charge in [0, 0.05) is 18.2 Å². The predicted molar refractivity (Wildman–Crippen MR) is 97.1 cm³/mol. The highest BCUT2D eigenvalue weighted by Gasteiger charge is 2.17. The first-order valence-corrected chi connectivity index (χ1v) is 8.33. The molecule has 30 heavy (non-hydrogen) atoms. The van der Waals surface area contributed by atoms with Crippen LogP contribution in [0.4, 0.5) is 24.5 Å². The van der Waals surface area contributed by atoms with E-state index in [0.717, 1.165) is 12.1 Å². The van der Waals surface area contributed by atoms with E-state index in [9.17, 15) is 28.1 Å². The van der Waals surface area contributed by atoms with Crippen LogP contribution in [0.25, 0.3) is 0 Å². The van der Waals surface area contributed by atoms with Crippen molar-refractivity contribution in [1.82, 2.24) is 0 Å². The van der Waals surface area contributed by atoms with Crippen LogP contribution in [0.5, 0.6) is 11.5 Å². The fraction of sp³-hybridized carbons (Fsp3) is 0.105. The number of nitro groups is 1. The lowest BCUT2D eigenvalue weighted by molar-refractivity contribution is -0.384. The normalized spacial score (nSPS) is 10.7. The zero-order valence-electron chi connectivity index (χ0n) is 15.0. The summed E-state index contributed by atoms with van der Waals surface area (Å²) in [6.45, 7) is -3.27. The van der Waals surface area contributed by atoms with Crippen LogP contribution in [0.1, 0.15) is 16.3 Å². The molecule has 8 nitrogen and oxygen atoms in total. The van der Waals surface area contributed by atoms with E-state index in [0.29, 0.717) is 11.8 Å². The van der Waals surface area contributed by atoms with Gasteiger partial charge in [0.05, 0.1) is 10.6 Å². The number of anilines is 1. The zero-order valence-corrected chi connectivity index (χ0v) is 15.0. The highest BCUT2D eigenvalue weighted by molar-refractivity contribution is 6.03. The van der Waals surface area contributed by atoms with Gasteiger partial charge in [0.1, 0.15) is 23.9 Å². The van der Waals surface area contributed by atoms with Gasteiger partial charge in [-0.3, -0.25) is 14.9 Å². The molecule has 3 rings (SSSR count). The molecule has 156 valence electrons. The molecule has 1 N–H and O–H groups in total. The second kappa shape index (κ2) is 8.99. The Labute approximate surface area is 167 Å². The molecule has 0 fully saturated rings. The Kier molecular flexibility index (Phi) is 6.20. The standard InChI is InChI=1S/C19H13F3N2O6/c20-11-1-7-15(17(9-11)30-19(21)22)23-18(25)16-8-6-14(29-16)10-28-13-4-2-12(3-5-13)24(26)27/h1-9,19H,10H2,(H,23,25). The van der Waals surface area contributed by atoms with E-state index in [1.807, 2.05) is 0 Å². The number of nitrogens with one attached hydrogen (secondary N) is 1. The van der Waals surface area contributed by atoms with Crippen LogP contribution in [0.3, 0.4) is 0 Å². The monoisotopic (exact) mass is 422 g/mol. The second-order valence-corrected chi connectivity index (χ2v) is 5.78. The Morgan fingerprint density at radius 2 is 1.87 bits per heavy atom. The topological polar surface area (TPSA) is 104 Å². The lowest BCUT2D eigenvalue weighted by Crippen LogP contribution is -2.13. The van der Waals surface area contributed by atoms with Gasteiger partial charge < -0.3 is 19.2 Å². The summed E-state index contributed by atoms with van der Waals surface area (Å²) in [7, 11) is 0. The first-order chi connectivity index (χ1) is 14.3. The molecule has 0 atom stereocenters. The van der Waals surface area contributed by atoms with Crippen molar-refractivity contribution in [2.75, 3.05) is 5.32 Å². The summed E-state index contributed by atoms with van der Waals surface area (Å²) in [6, 6.07) is 10.9. The Morgan fingerprint density at radius 1 is 1.13 bits per heavy atom. The van der Waals surface area contributed by atoms with Crippen molar-refractivity contribution in [2.45, 2.75) is 13.2 Å². The van der Waals surface area contributed by atoms with E-state index in [-0.39, 0.29) is 29.5 Å². The first kappa shape index (κ1) is 20.7. The number of hydrogen-bond acceptors (Lipinski definition) is 6. The lowest BCUT2D eigenvalue weighted by Gasteiger charge is -2.11. The summed E-state index contributed by atoms with van der Waals surface area (Å²) >= 11 is 0. The third-order valence-corrected chi connectivity index (χ3v) is 3.72. The fourth-order valence-corrected chi connectivity index (χ4v) is 2.37. The number of amides is 1. The molecule has 11 heteroatoms. The average Bonchev–Trinajstić information content (AvgIpc) is 3.17. The van der Waals surface area contributed by atoms with Gasteiger partial charge in [-0.15, -0.1) is 0 Å². The summed E-state index contributed by atoms with van der Waals surface area (Å²) in [5.74, 6) is -1.66. The number of rotatable bonds is 8. The van der Waals surface area contributed by atoms with Gasteiger partial charge in [0.2, 0.25) is 0 Å². The van der Waals surface area contributed by atoms with E-state index in [1.165, 1.54) is 36.4 Å². The molecular formula is C19H13F3N2O6. The maximum Gasteiger partial charge on any atom is 0.387 e. The molecule has 1 heterocycles. The third kappa shape index (κ3) is 5.28. The second-order valence-electron chi connectivity index (χ2n) is 5.78. The SMILES string of the molecule is O=C(Nc1ccc(F)cc1OC(F)F)c1ccc(COc2ccc([N+](=O)[O-])cc2)o1. The quantitative estimate of drug-likeness (QED) is 0.415. The van der Waals surface area contributed by atoms with Gasteiger partial charge in [-0.2, -0.15) is 8.78 Å². The Balaban J connectivity index is 1.63. The average molecular weight is 422 g/mol. The minimum Gasteiger partial charge on any atom is -0.486 e. The Bertz CT molecular complexity index is 1050. The van der Waals surface area contributed by atoms with Crippen LogP contribution in [0, 0.1) is 15.9 Å². The molecule has 0 aliphatic heterocycles. The number of nitro benzene ring substituents is 1. The number of carbonyl (C=O) groups is 1. The molecule has 0 aliphatic carbocycles. The van der Waals surface area contributed by atoms with Crippen LogP contribution >= 0.6 is 0 Å². The smallest absolute Gasteiger partial charge is 0.387 e. The van der Waals surface area contributed by atoms with Gasteiger partial charge >= 0.3 is 6.61 Å². The number of hydrogen-bond donors (Lipinski definition) is 1. The molecule has 1 amide bonds. The molecule has 0 spiro atoms. The molecule has 1 aromatic heterocycles. The Hall–Kier alpha value is -4.02. The van der Waals surface area contributed by atoms with Gasteiger partial charge in [0.25, 0.3) is 11.6 Å². The summed E-state index contributed by atoms with van der Waals surface area (Å²) in [5, 5.41) is 12.9. The minimum absolute atomic E-state index is 0.0681. The summed E-state index contributed by atoms with van der Waals surface area (Å²) in [6.07, 6.45) is 0. The molecule has 0 saturated carbocycles. The van der Waals surface area contributed by atoms with Crippen LogP contribution in [0.15, 0.2) is 59.0 Å². The van der Waals surface area contributed by atoms with Crippen molar-refractivity contribution >= 4 is 17.3 Å². The molecule has 0 bridgehead atoms. The van der Waals surface area contributed by atoms with E-state index in [2.05, 4.69) is 10.1 Å². The number of furan rings is 1. The van der Waals surface area contributed by atoms with Gasteiger partial charge in [0.15, 0.2) is 11.5 Å². The van der Waals surface area contributed by atoms with Crippen molar-refractivity contribution in [1.29, 1.82) is 0 Å². The number of ether oxygens (including phenoxy) is 2. The maximum atomic E-state index is 13.2. The predicted octanol–water partition coefficient (Wildman–Crippen LogP) is 4.76. The van der Waals surface area contributed by atoms with Crippen LogP contribution < -0.4 is 14.8 Å². The number of non-ortho nitro benzene ring substituents is 1. The number of carbonyl (C=O) groups excluding carboxylic acids is 1. The number of halogens is 3. The third-order valence-electron chi connectivity index (χ3n) is 3.72. The molecule has 0 radical (unpaired) electrons.